The van der Waals surface area contributed by atoms with Gasteiger partial charge in [0.05, 0.1) is 6.04 Å². The van der Waals surface area contributed by atoms with Crippen LogP contribution in [0.1, 0.15) is 81.3 Å². The van der Waals surface area contributed by atoms with Crippen molar-refractivity contribution in [2.24, 2.45) is 40.9 Å². The van der Waals surface area contributed by atoms with Gasteiger partial charge in [0.2, 0.25) is 23.5 Å². The summed E-state index contributed by atoms with van der Waals surface area (Å²) < 4.78 is 5.79. The lowest BCUT2D eigenvalue weighted by Crippen LogP contribution is -2.53. The zero-order valence-electron chi connectivity index (χ0n) is 24.1. The summed E-state index contributed by atoms with van der Waals surface area (Å²) in [6.45, 7) is 1.18. The van der Waals surface area contributed by atoms with Crippen LogP contribution < -0.4 is 10.6 Å². The van der Waals surface area contributed by atoms with Gasteiger partial charge in [-0.3, -0.25) is 19.2 Å². The van der Waals surface area contributed by atoms with Crippen LogP contribution in [0.15, 0.2) is 28.7 Å². The monoisotopic (exact) mass is 572 g/mol. The Morgan fingerprint density at radius 3 is 2.67 bits per heavy atom. The summed E-state index contributed by atoms with van der Waals surface area (Å²) >= 11 is 0. The summed E-state index contributed by atoms with van der Waals surface area (Å²) in [6.07, 6.45) is 10.6. The number of fused-ring (bicyclic) bond motifs is 2. The first-order valence-corrected chi connectivity index (χ1v) is 16.1. The molecule has 2 aliphatic heterocycles. The molecule has 1 aromatic carbocycles. The number of Topliss-reactive ketones (excluding diaryl/α,β-unsaturated/α-hetero) is 1. The maximum atomic E-state index is 14.2. The summed E-state index contributed by atoms with van der Waals surface area (Å²) in [5.41, 5.74) is 1.20. The summed E-state index contributed by atoms with van der Waals surface area (Å²) in [5.74, 6) is 1.51. The number of rotatable bonds is 8. The number of ketones is 1. The van der Waals surface area contributed by atoms with Gasteiger partial charge in [-0.25, -0.2) is 4.98 Å². The number of hydrogen-bond donors (Lipinski definition) is 2. The van der Waals surface area contributed by atoms with E-state index in [1.54, 1.807) is 12.1 Å². The standard InChI is InChI=1S/C33H40N4O5/c38-27(16-33-14-18-10-19(15-33)12-22(33)11-18)37-17-21-4-3-5-23(21)28(37)31(41)35-25(13-20-8-9-34-30(20)40)29(39)32-36-24-6-1-2-7-26(24)42-32/h1-2,6-7,18-23,25,28H,3-5,8-17H2,(H,34,40)(H,35,41)/t18?,19?,20-,21-,22?,23-,25-,28-,33?/m0/s1. The van der Waals surface area contributed by atoms with Crippen LogP contribution in [0.5, 0.6) is 0 Å². The number of carbonyl (C=O) groups excluding carboxylic acids is 4. The smallest absolute Gasteiger partial charge is 0.266 e. The molecular weight excluding hydrogens is 532 g/mol. The number of hydrogen-bond acceptors (Lipinski definition) is 6. The number of para-hydroxylation sites is 2. The molecule has 5 aliphatic carbocycles. The normalized spacial score (nSPS) is 36.9. The molecule has 3 heterocycles. The van der Waals surface area contributed by atoms with Crippen molar-refractivity contribution in [1.29, 1.82) is 0 Å². The third-order valence-corrected chi connectivity index (χ3v) is 12.0. The highest BCUT2D eigenvalue weighted by Crippen LogP contribution is 2.67. The molecule has 9 heteroatoms. The fourth-order valence-electron chi connectivity index (χ4n) is 10.3. The molecule has 3 amide bonds. The fourth-order valence-corrected chi connectivity index (χ4v) is 10.3. The van der Waals surface area contributed by atoms with Crippen LogP contribution in [-0.4, -0.2) is 58.6 Å². The molecule has 2 aromatic rings. The minimum Gasteiger partial charge on any atom is -0.434 e. The van der Waals surface area contributed by atoms with Crippen molar-refractivity contribution in [2.45, 2.75) is 82.7 Å². The zero-order chi connectivity index (χ0) is 28.6. The van der Waals surface area contributed by atoms with Gasteiger partial charge < -0.3 is 20.0 Å². The van der Waals surface area contributed by atoms with Crippen molar-refractivity contribution in [3.63, 3.8) is 0 Å². The van der Waals surface area contributed by atoms with Crippen molar-refractivity contribution in [3.05, 3.63) is 30.2 Å². The Kier molecular flexibility index (Phi) is 6.23. The SMILES string of the molecule is O=C1NCC[C@H]1C[C@H](NC(=O)[C@@H]1[C@H]2CCC[C@H]2CN1C(=O)CC12CC3CC(CC1C3)C2)C(=O)c1nc2ccccc2o1. The number of aromatic nitrogens is 1. The van der Waals surface area contributed by atoms with Gasteiger partial charge in [0, 0.05) is 25.4 Å². The van der Waals surface area contributed by atoms with E-state index in [0.717, 1.165) is 31.1 Å². The van der Waals surface area contributed by atoms with E-state index in [9.17, 15) is 19.2 Å². The van der Waals surface area contributed by atoms with Gasteiger partial charge in [-0.2, -0.15) is 0 Å². The van der Waals surface area contributed by atoms with E-state index in [-0.39, 0.29) is 47.3 Å². The maximum Gasteiger partial charge on any atom is 0.266 e. The van der Waals surface area contributed by atoms with Crippen molar-refractivity contribution in [1.82, 2.24) is 20.5 Å². The molecular formula is C33H40N4O5. The summed E-state index contributed by atoms with van der Waals surface area (Å²) in [6, 6.07) is 5.63. The van der Waals surface area contributed by atoms with Gasteiger partial charge in [-0.1, -0.05) is 18.6 Å². The Labute approximate surface area is 245 Å². The number of benzene rings is 1. The molecule has 9 nitrogen and oxygen atoms in total. The number of carbonyl (C=O) groups is 4. The van der Waals surface area contributed by atoms with Crippen LogP contribution in [0.25, 0.3) is 11.1 Å². The molecule has 5 saturated carbocycles. The van der Waals surface area contributed by atoms with Crippen LogP contribution in [-0.2, 0) is 14.4 Å². The molecule has 7 aliphatic rings. The number of nitrogens with one attached hydrogen (secondary N) is 2. The van der Waals surface area contributed by atoms with E-state index < -0.39 is 17.9 Å². The van der Waals surface area contributed by atoms with Gasteiger partial charge in [0.1, 0.15) is 11.6 Å². The lowest BCUT2D eigenvalue weighted by Gasteiger charge is -2.35. The Morgan fingerprint density at radius 1 is 1.10 bits per heavy atom. The summed E-state index contributed by atoms with van der Waals surface area (Å²) in [5, 5.41) is 5.88. The first kappa shape index (κ1) is 26.4. The minimum atomic E-state index is -0.962. The highest BCUT2D eigenvalue weighted by molar-refractivity contribution is 6.01. The van der Waals surface area contributed by atoms with Gasteiger partial charge in [0.15, 0.2) is 5.58 Å². The number of amides is 3. The van der Waals surface area contributed by atoms with E-state index >= 15 is 0 Å². The highest BCUT2D eigenvalue weighted by Gasteiger charge is 2.59. The van der Waals surface area contributed by atoms with E-state index in [4.69, 9.17) is 4.42 Å². The van der Waals surface area contributed by atoms with E-state index in [2.05, 4.69) is 15.6 Å². The minimum absolute atomic E-state index is 0.0656. The molecule has 222 valence electrons. The van der Waals surface area contributed by atoms with Crippen LogP contribution in [0.3, 0.4) is 0 Å². The second-order valence-electron chi connectivity index (χ2n) is 14.4. The quantitative estimate of drug-likeness (QED) is 0.464. The number of oxazole rings is 1. The van der Waals surface area contributed by atoms with Crippen LogP contribution in [0.4, 0.5) is 0 Å². The largest absolute Gasteiger partial charge is 0.434 e. The molecule has 7 fully saturated rings. The van der Waals surface area contributed by atoms with Crippen molar-refractivity contribution in [3.8, 4) is 0 Å². The van der Waals surface area contributed by atoms with Gasteiger partial charge in [-0.15, -0.1) is 0 Å². The fraction of sp³-hybridized carbons (Fsp3) is 0.667. The molecule has 2 unspecified atom stereocenters. The molecule has 42 heavy (non-hydrogen) atoms. The molecule has 9 rings (SSSR count). The van der Waals surface area contributed by atoms with Crippen LogP contribution in [0.2, 0.25) is 0 Å². The predicted molar refractivity (Wildman–Crippen MR) is 153 cm³/mol. The van der Waals surface area contributed by atoms with Crippen molar-refractivity contribution in [2.75, 3.05) is 13.1 Å². The Balaban J connectivity index is 1.05. The molecule has 0 spiro atoms. The first-order valence-electron chi connectivity index (χ1n) is 16.1. The Bertz CT molecular complexity index is 1400. The van der Waals surface area contributed by atoms with Crippen molar-refractivity contribution < 1.29 is 23.6 Å². The van der Waals surface area contributed by atoms with E-state index in [1.165, 1.54) is 32.1 Å². The molecule has 7 atom stereocenters. The third-order valence-electron chi connectivity index (χ3n) is 12.0. The third kappa shape index (κ3) is 4.29. The average molecular weight is 573 g/mol. The lowest BCUT2D eigenvalue weighted by atomic mass is 9.73. The highest BCUT2D eigenvalue weighted by atomic mass is 16.4. The van der Waals surface area contributed by atoms with Gasteiger partial charge >= 0.3 is 0 Å². The topological polar surface area (TPSA) is 122 Å². The molecule has 1 aromatic heterocycles. The van der Waals surface area contributed by atoms with E-state index in [1.807, 2.05) is 17.0 Å². The number of nitrogens with zero attached hydrogens (tertiary/aromatic N) is 2. The summed E-state index contributed by atoms with van der Waals surface area (Å²) in [7, 11) is 0. The zero-order valence-corrected chi connectivity index (χ0v) is 24.1. The Hall–Kier alpha value is -3.23. The molecule has 2 saturated heterocycles. The summed E-state index contributed by atoms with van der Waals surface area (Å²) in [4.78, 5) is 60.8. The van der Waals surface area contributed by atoms with Gasteiger partial charge in [-0.05, 0) is 105 Å². The number of likely N-dealkylation sites (tertiary alicyclic amines) is 1. The van der Waals surface area contributed by atoms with Crippen molar-refractivity contribution >= 4 is 34.6 Å². The Morgan fingerprint density at radius 2 is 1.90 bits per heavy atom. The van der Waals surface area contributed by atoms with Crippen LogP contribution >= 0.6 is 0 Å². The molecule has 4 bridgehead atoms. The molecule has 2 N–H and O–H groups in total. The van der Waals surface area contributed by atoms with E-state index in [0.29, 0.717) is 48.9 Å². The van der Waals surface area contributed by atoms with Gasteiger partial charge in [0.25, 0.3) is 5.89 Å². The lowest BCUT2D eigenvalue weighted by molar-refractivity contribution is -0.142. The predicted octanol–water partition coefficient (Wildman–Crippen LogP) is 3.87. The average Bonchev–Trinajstić information content (AvgIpc) is 3.79. The van der Waals surface area contributed by atoms with Crippen LogP contribution in [0, 0.1) is 40.9 Å². The maximum absolute atomic E-state index is 14.2. The molecule has 0 radical (unpaired) electrons. The second kappa shape index (κ2) is 9.91. The first-order chi connectivity index (χ1) is 20.4. The second-order valence-corrected chi connectivity index (χ2v) is 14.4.